The minimum absolute atomic E-state index is 0.0324. The van der Waals surface area contributed by atoms with Crippen LogP contribution in [0.1, 0.15) is 52.3 Å². The van der Waals surface area contributed by atoms with Crippen LogP contribution in [-0.2, 0) is 11.2 Å². The summed E-state index contributed by atoms with van der Waals surface area (Å²) in [5.74, 6) is 0.179. The fourth-order valence-electron chi connectivity index (χ4n) is 2.86. The summed E-state index contributed by atoms with van der Waals surface area (Å²) in [5.41, 5.74) is 3.37. The number of hydrogen-bond acceptors (Lipinski definition) is 5. The highest BCUT2D eigenvalue weighted by molar-refractivity contribution is 7.14. The van der Waals surface area contributed by atoms with Gasteiger partial charge < -0.3 is 9.73 Å². The number of nitrogens with zero attached hydrogens (tertiary/aromatic N) is 1. The second-order valence-electron chi connectivity index (χ2n) is 6.60. The van der Waals surface area contributed by atoms with Crippen molar-refractivity contribution in [1.29, 1.82) is 0 Å². The first-order valence-electron chi connectivity index (χ1n) is 9.12. The summed E-state index contributed by atoms with van der Waals surface area (Å²) in [6, 6.07) is 9.75. The summed E-state index contributed by atoms with van der Waals surface area (Å²) < 4.78 is 5.14. The predicted molar refractivity (Wildman–Crippen MR) is 110 cm³/mol. The summed E-state index contributed by atoms with van der Waals surface area (Å²) in [4.78, 5) is 29.0. The lowest BCUT2D eigenvalue weighted by Crippen LogP contribution is -2.29. The lowest BCUT2D eigenvalue weighted by Gasteiger charge is -2.17. The van der Waals surface area contributed by atoms with Crippen molar-refractivity contribution in [3.8, 4) is 0 Å². The van der Waals surface area contributed by atoms with Crippen LogP contribution in [0.2, 0.25) is 0 Å². The standard InChI is InChI=1S/C21H23N3O3S/c1-4-18(15-7-5-13(2)6-8-15)23-19(25)11-16-12-28-21(22-16)24-20(26)17-9-10-27-14(17)3/h5-10,12,18H,4,11H2,1-3H3,(H,23,25)(H,22,24,26)/t18-/m0/s1. The molecule has 2 amide bonds. The van der Waals surface area contributed by atoms with Crippen LogP contribution in [0, 0.1) is 13.8 Å². The van der Waals surface area contributed by atoms with Gasteiger partial charge in [-0.3, -0.25) is 14.9 Å². The molecular formula is C21H23N3O3S. The molecule has 0 radical (unpaired) electrons. The molecule has 0 fully saturated rings. The van der Waals surface area contributed by atoms with E-state index in [2.05, 4.69) is 15.6 Å². The molecule has 0 saturated carbocycles. The Labute approximate surface area is 168 Å². The molecule has 0 bridgehead atoms. The molecular weight excluding hydrogens is 374 g/mol. The van der Waals surface area contributed by atoms with Gasteiger partial charge in [-0.25, -0.2) is 4.98 Å². The number of thiazole rings is 1. The van der Waals surface area contributed by atoms with Crippen molar-refractivity contribution in [2.75, 3.05) is 5.32 Å². The molecule has 2 heterocycles. The summed E-state index contributed by atoms with van der Waals surface area (Å²) in [6.07, 6.45) is 2.44. The SMILES string of the molecule is CC[C@H](NC(=O)Cc1csc(NC(=O)c2ccoc2C)n1)c1ccc(C)cc1. The van der Waals surface area contributed by atoms with Crippen LogP contribution < -0.4 is 10.6 Å². The van der Waals surface area contributed by atoms with Gasteiger partial charge in [0.25, 0.3) is 5.91 Å². The van der Waals surface area contributed by atoms with Gasteiger partial charge in [0.1, 0.15) is 5.76 Å². The van der Waals surface area contributed by atoms with Crippen molar-refractivity contribution in [1.82, 2.24) is 10.3 Å². The van der Waals surface area contributed by atoms with E-state index in [1.165, 1.54) is 23.2 Å². The van der Waals surface area contributed by atoms with E-state index in [-0.39, 0.29) is 24.3 Å². The number of amides is 2. The number of aryl methyl sites for hydroxylation is 2. The van der Waals surface area contributed by atoms with E-state index in [0.29, 0.717) is 22.1 Å². The molecule has 0 spiro atoms. The van der Waals surface area contributed by atoms with Crippen LogP contribution >= 0.6 is 11.3 Å². The molecule has 0 aliphatic heterocycles. The average Bonchev–Trinajstić information content (AvgIpc) is 3.29. The molecule has 0 aliphatic rings. The van der Waals surface area contributed by atoms with Gasteiger partial charge in [0.15, 0.2) is 5.13 Å². The minimum Gasteiger partial charge on any atom is -0.469 e. The Hall–Kier alpha value is -2.93. The Balaban J connectivity index is 1.58. The molecule has 0 aliphatic carbocycles. The smallest absolute Gasteiger partial charge is 0.260 e. The van der Waals surface area contributed by atoms with Gasteiger partial charge in [0.05, 0.1) is 30.0 Å². The Morgan fingerprint density at radius 1 is 1.18 bits per heavy atom. The largest absolute Gasteiger partial charge is 0.469 e. The molecule has 7 heteroatoms. The van der Waals surface area contributed by atoms with E-state index in [9.17, 15) is 9.59 Å². The number of anilines is 1. The second-order valence-corrected chi connectivity index (χ2v) is 7.46. The van der Waals surface area contributed by atoms with Gasteiger partial charge in [-0.2, -0.15) is 0 Å². The third-order valence-corrected chi connectivity index (χ3v) is 5.25. The Bertz CT molecular complexity index is 959. The molecule has 28 heavy (non-hydrogen) atoms. The topological polar surface area (TPSA) is 84.2 Å². The molecule has 1 aromatic carbocycles. The third kappa shape index (κ3) is 4.86. The van der Waals surface area contributed by atoms with Crippen LogP contribution in [0.5, 0.6) is 0 Å². The molecule has 146 valence electrons. The Kier molecular flexibility index (Phi) is 6.26. The fraction of sp³-hybridized carbons (Fsp3) is 0.286. The first-order valence-corrected chi connectivity index (χ1v) is 10.00. The van der Waals surface area contributed by atoms with Crippen molar-refractivity contribution in [2.45, 2.75) is 39.7 Å². The quantitative estimate of drug-likeness (QED) is 0.618. The van der Waals surface area contributed by atoms with Crippen molar-refractivity contribution in [2.24, 2.45) is 0 Å². The lowest BCUT2D eigenvalue weighted by molar-refractivity contribution is -0.121. The molecule has 6 nitrogen and oxygen atoms in total. The maximum Gasteiger partial charge on any atom is 0.260 e. The highest BCUT2D eigenvalue weighted by Crippen LogP contribution is 2.20. The van der Waals surface area contributed by atoms with Gasteiger partial charge >= 0.3 is 0 Å². The van der Waals surface area contributed by atoms with Gasteiger partial charge in [-0.1, -0.05) is 36.8 Å². The van der Waals surface area contributed by atoms with Crippen LogP contribution in [0.25, 0.3) is 0 Å². The number of furan rings is 1. The fourth-order valence-corrected chi connectivity index (χ4v) is 3.57. The number of carbonyl (C=O) groups excluding carboxylic acids is 2. The van der Waals surface area contributed by atoms with Crippen LogP contribution in [0.3, 0.4) is 0 Å². The van der Waals surface area contributed by atoms with E-state index >= 15 is 0 Å². The number of benzene rings is 1. The van der Waals surface area contributed by atoms with Crippen LogP contribution in [0.4, 0.5) is 5.13 Å². The molecule has 3 aromatic rings. The van der Waals surface area contributed by atoms with Gasteiger partial charge in [0.2, 0.25) is 5.91 Å². The summed E-state index contributed by atoms with van der Waals surface area (Å²) in [5, 5.41) is 8.03. The Morgan fingerprint density at radius 2 is 1.93 bits per heavy atom. The van der Waals surface area contributed by atoms with Crippen molar-refractivity contribution >= 4 is 28.3 Å². The molecule has 2 N–H and O–H groups in total. The minimum atomic E-state index is -0.276. The summed E-state index contributed by atoms with van der Waals surface area (Å²) in [6.45, 7) is 5.81. The number of nitrogens with one attached hydrogen (secondary N) is 2. The number of hydrogen-bond donors (Lipinski definition) is 2. The summed E-state index contributed by atoms with van der Waals surface area (Å²) in [7, 11) is 0. The monoisotopic (exact) mass is 397 g/mol. The zero-order valence-corrected chi connectivity index (χ0v) is 16.9. The van der Waals surface area contributed by atoms with Crippen molar-refractivity contribution in [3.63, 3.8) is 0 Å². The Morgan fingerprint density at radius 3 is 2.57 bits per heavy atom. The molecule has 3 rings (SSSR count). The zero-order valence-electron chi connectivity index (χ0n) is 16.1. The highest BCUT2D eigenvalue weighted by atomic mass is 32.1. The van der Waals surface area contributed by atoms with Crippen molar-refractivity contribution < 1.29 is 14.0 Å². The lowest BCUT2D eigenvalue weighted by atomic mass is 10.0. The maximum absolute atomic E-state index is 12.4. The normalized spacial score (nSPS) is 11.8. The van der Waals surface area contributed by atoms with E-state index in [1.807, 2.05) is 38.1 Å². The third-order valence-electron chi connectivity index (χ3n) is 4.44. The summed E-state index contributed by atoms with van der Waals surface area (Å²) >= 11 is 1.29. The van der Waals surface area contributed by atoms with E-state index in [0.717, 1.165) is 12.0 Å². The predicted octanol–water partition coefficient (Wildman–Crippen LogP) is 4.42. The molecule has 0 saturated heterocycles. The average molecular weight is 398 g/mol. The van der Waals surface area contributed by atoms with Gasteiger partial charge in [-0.15, -0.1) is 11.3 Å². The zero-order chi connectivity index (χ0) is 20.1. The van der Waals surface area contributed by atoms with E-state index in [1.54, 1.807) is 18.4 Å². The molecule has 0 unspecified atom stereocenters. The van der Waals surface area contributed by atoms with Crippen LogP contribution in [0.15, 0.2) is 46.4 Å². The van der Waals surface area contributed by atoms with Gasteiger partial charge in [0, 0.05) is 5.38 Å². The number of aromatic nitrogens is 1. The first kappa shape index (κ1) is 19.8. The van der Waals surface area contributed by atoms with E-state index in [4.69, 9.17) is 4.42 Å². The van der Waals surface area contributed by atoms with Gasteiger partial charge in [-0.05, 0) is 31.9 Å². The maximum atomic E-state index is 12.4. The highest BCUT2D eigenvalue weighted by Gasteiger charge is 2.16. The molecule has 1 atom stereocenters. The number of rotatable bonds is 7. The number of carbonyl (C=O) groups is 2. The van der Waals surface area contributed by atoms with Crippen LogP contribution in [-0.4, -0.2) is 16.8 Å². The second kappa shape index (κ2) is 8.84. The first-order chi connectivity index (χ1) is 13.5. The molecule has 2 aromatic heterocycles. The van der Waals surface area contributed by atoms with Crippen molar-refractivity contribution in [3.05, 3.63) is 70.1 Å². The van der Waals surface area contributed by atoms with E-state index < -0.39 is 0 Å².